The van der Waals surface area contributed by atoms with E-state index < -0.39 is 22.7 Å². The summed E-state index contributed by atoms with van der Waals surface area (Å²) in [6, 6.07) is 4.26. The molecule has 5 nitrogen and oxygen atoms in total. The Balaban J connectivity index is 2.12. The number of aromatic nitrogens is 1. The van der Waals surface area contributed by atoms with Gasteiger partial charge in [0.1, 0.15) is 29.1 Å². The van der Waals surface area contributed by atoms with Crippen molar-refractivity contribution in [1.82, 2.24) is 10.1 Å². The maximum Gasteiger partial charge on any atom is 0.262 e. The van der Waals surface area contributed by atoms with Crippen molar-refractivity contribution >= 4 is 29.3 Å². The van der Waals surface area contributed by atoms with Gasteiger partial charge in [-0.15, -0.1) is 11.8 Å². The highest BCUT2D eigenvalue weighted by Gasteiger charge is 2.50. The van der Waals surface area contributed by atoms with Gasteiger partial charge in [0, 0.05) is 0 Å². The van der Waals surface area contributed by atoms with Crippen molar-refractivity contribution in [2.24, 2.45) is 5.92 Å². The zero-order chi connectivity index (χ0) is 20.1. The molecule has 2 aromatic rings. The Morgan fingerprint density at radius 1 is 1.44 bits per heavy atom. The number of aryl methyl sites for hydroxylation is 1. The molecule has 1 N–H and O–H groups in total. The van der Waals surface area contributed by atoms with Crippen LogP contribution in [-0.2, 0) is 0 Å². The monoisotopic (exact) mass is 412 g/mol. The third-order valence-corrected chi connectivity index (χ3v) is 6.81. The van der Waals surface area contributed by atoms with Gasteiger partial charge in [-0.25, -0.2) is 4.39 Å². The summed E-state index contributed by atoms with van der Waals surface area (Å²) in [5.41, 5.74) is 0.177. The minimum atomic E-state index is -0.999. The average Bonchev–Trinajstić information content (AvgIpc) is 3.05. The largest absolute Gasteiger partial charge is 0.372 e. The van der Waals surface area contributed by atoms with Gasteiger partial charge in [-0.2, -0.15) is 0 Å². The first-order valence-electron chi connectivity index (χ1n) is 8.65. The van der Waals surface area contributed by atoms with Crippen molar-refractivity contribution in [3.8, 4) is 11.3 Å². The number of benzene rings is 1. The zero-order valence-corrected chi connectivity index (χ0v) is 17.4. The van der Waals surface area contributed by atoms with Gasteiger partial charge in [0.05, 0.1) is 20.7 Å². The quantitative estimate of drug-likeness (QED) is 0.790. The maximum atomic E-state index is 14.4. The Labute approximate surface area is 166 Å². The predicted molar refractivity (Wildman–Crippen MR) is 104 cm³/mol. The molecule has 1 aliphatic heterocycles. The molecule has 2 unspecified atom stereocenters. The molecule has 1 saturated heterocycles. The molecule has 1 aromatic carbocycles. The second-order valence-electron chi connectivity index (χ2n) is 7.50. The number of aliphatic hydroxyl groups is 1. The number of rotatable bonds is 3. The SMILES string of the molecule is Cc1onc(-c2c(F)cccc2Cl)c1C(=O)N1C(C(C)C)SC(C)(C)C1O. The van der Waals surface area contributed by atoms with Gasteiger partial charge in [0.15, 0.2) is 0 Å². The first-order valence-corrected chi connectivity index (χ1v) is 9.91. The number of nitrogens with zero attached hydrogens (tertiary/aromatic N) is 2. The molecule has 3 rings (SSSR count). The molecule has 1 fully saturated rings. The summed E-state index contributed by atoms with van der Waals surface area (Å²) in [5, 5.41) is 14.6. The summed E-state index contributed by atoms with van der Waals surface area (Å²) in [6.45, 7) is 9.34. The number of thioether (sulfide) groups is 1. The lowest BCUT2D eigenvalue weighted by Crippen LogP contribution is -2.47. The van der Waals surface area contributed by atoms with E-state index in [9.17, 15) is 14.3 Å². The van der Waals surface area contributed by atoms with Crippen molar-refractivity contribution < 1.29 is 18.8 Å². The number of amides is 1. The predicted octanol–water partition coefficient (Wildman–Crippen LogP) is 4.71. The normalized spacial score (nSPS) is 21.9. The van der Waals surface area contributed by atoms with Gasteiger partial charge >= 0.3 is 0 Å². The van der Waals surface area contributed by atoms with Crippen LogP contribution in [-0.4, -0.2) is 37.4 Å². The third kappa shape index (κ3) is 3.37. The molecule has 0 bridgehead atoms. The van der Waals surface area contributed by atoms with Gasteiger partial charge in [-0.05, 0) is 38.8 Å². The number of carbonyl (C=O) groups is 1. The topological polar surface area (TPSA) is 66.6 Å². The standard InChI is InChI=1S/C19H22ClFN2O3S/c1-9(2)17-23(18(25)19(4,5)27-17)16(24)13-10(3)26-22-15(13)14-11(20)7-6-8-12(14)21/h6-9,17-18,25H,1-5H3. The van der Waals surface area contributed by atoms with Gasteiger partial charge in [0.25, 0.3) is 5.91 Å². The molecule has 2 atom stereocenters. The second kappa shape index (κ2) is 7.11. The summed E-state index contributed by atoms with van der Waals surface area (Å²) < 4.78 is 19.1. The smallest absolute Gasteiger partial charge is 0.262 e. The molecular formula is C19H22ClFN2O3S. The van der Waals surface area contributed by atoms with Crippen molar-refractivity contribution in [3.05, 3.63) is 40.4 Å². The number of carbonyl (C=O) groups excluding carboxylic acids is 1. The Morgan fingerprint density at radius 2 is 2.11 bits per heavy atom. The first kappa shape index (κ1) is 20.2. The van der Waals surface area contributed by atoms with Crippen LogP contribution in [0.5, 0.6) is 0 Å². The summed E-state index contributed by atoms with van der Waals surface area (Å²) in [5.74, 6) is -0.691. The highest BCUT2D eigenvalue weighted by molar-refractivity contribution is 8.01. The average molecular weight is 413 g/mol. The minimum Gasteiger partial charge on any atom is -0.372 e. The molecule has 2 heterocycles. The van der Waals surface area contributed by atoms with E-state index in [1.54, 1.807) is 6.92 Å². The van der Waals surface area contributed by atoms with Gasteiger partial charge < -0.3 is 9.63 Å². The van der Waals surface area contributed by atoms with E-state index in [1.807, 2.05) is 27.7 Å². The van der Waals surface area contributed by atoms with Gasteiger partial charge in [0.2, 0.25) is 0 Å². The highest BCUT2D eigenvalue weighted by Crippen LogP contribution is 2.47. The fraction of sp³-hybridized carbons (Fsp3) is 0.474. The van der Waals surface area contributed by atoms with E-state index in [1.165, 1.54) is 34.9 Å². The third-order valence-electron chi connectivity index (χ3n) is 4.66. The lowest BCUT2D eigenvalue weighted by Gasteiger charge is -2.30. The minimum absolute atomic E-state index is 0.0149. The van der Waals surface area contributed by atoms with Crippen molar-refractivity contribution in [3.63, 3.8) is 0 Å². The van der Waals surface area contributed by atoms with Gasteiger partial charge in [-0.3, -0.25) is 9.69 Å². The lowest BCUT2D eigenvalue weighted by atomic mass is 10.0. The Morgan fingerprint density at radius 3 is 2.70 bits per heavy atom. The molecule has 8 heteroatoms. The van der Waals surface area contributed by atoms with Crippen LogP contribution >= 0.6 is 23.4 Å². The summed E-state index contributed by atoms with van der Waals surface area (Å²) in [4.78, 5) is 14.9. The van der Waals surface area contributed by atoms with E-state index in [-0.39, 0.29) is 38.9 Å². The summed E-state index contributed by atoms with van der Waals surface area (Å²) in [6.07, 6.45) is -0.999. The molecule has 0 spiro atoms. The number of halogens is 2. The van der Waals surface area contributed by atoms with Crippen molar-refractivity contribution in [2.75, 3.05) is 0 Å². The first-order chi connectivity index (χ1) is 12.6. The Hall–Kier alpha value is -1.57. The molecule has 1 aromatic heterocycles. The van der Waals surface area contributed by atoms with Crippen LogP contribution in [0.15, 0.2) is 22.7 Å². The Bertz CT molecular complexity index is 864. The second-order valence-corrected chi connectivity index (χ2v) is 9.68. The van der Waals surface area contributed by atoms with E-state index >= 15 is 0 Å². The van der Waals surface area contributed by atoms with E-state index in [0.717, 1.165) is 0 Å². The summed E-state index contributed by atoms with van der Waals surface area (Å²) in [7, 11) is 0. The number of hydrogen-bond acceptors (Lipinski definition) is 5. The van der Waals surface area contributed by atoms with Crippen LogP contribution in [0.2, 0.25) is 5.02 Å². The lowest BCUT2D eigenvalue weighted by molar-refractivity contribution is -0.00674. The van der Waals surface area contributed by atoms with E-state index in [0.29, 0.717) is 0 Å². The molecule has 27 heavy (non-hydrogen) atoms. The molecule has 0 radical (unpaired) electrons. The van der Waals surface area contributed by atoms with Crippen LogP contribution in [0.25, 0.3) is 11.3 Å². The summed E-state index contributed by atoms with van der Waals surface area (Å²) >= 11 is 7.70. The van der Waals surface area contributed by atoms with Crippen LogP contribution in [0.4, 0.5) is 4.39 Å². The van der Waals surface area contributed by atoms with Crippen molar-refractivity contribution in [2.45, 2.75) is 51.0 Å². The number of hydrogen-bond donors (Lipinski definition) is 1. The van der Waals surface area contributed by atoms with Crippen LogP contribution in [0, 0.1) is 18.7 Å². The van der Waals surface area contributed by atoms with Crippen LogP contribution in [0.3, 0.4) is 0 Å². The molecule has 0 aliphatic carbocycles. The fourth-order valence-electron chi connectivity index (χ4n) is 3.23. The van der Waals surface area contributed by atoms with Gasteiger partial charge in [-0.1, -0.05) is 36.7 Å². The molecule has 1 amide bonds. The Kier molecular flexibility index (Phi) is 5.31. The van der Waals surface area contributed by atoms with Crippen LogP contribution < -0.4 is 0 Å². The molecule has 1 aliphatic rings. The number of aliphatic hydroxyl groups excluding tert-OH is 1. The molecule has 146 valence electrons. The molecule has 0 saturated carbocycles. The van der Waals surface area contributed by atoms with E-state index in [2.05, 4.69) is 5.16 Å². The van der Waals surface area contributed by atoms with Crippen molar-refractivity contribution in [1.29, 1.82) is 0 Å². The highest BCUT2D eigenvalue weighted by atomic mass is 35.5. The van der Waals surface area contributed by atoms with E-state index in [4.69, 9.17) is 16.1 Å². The fourth-order valence-corrected chi connectivity index (χ4v) is 4.94. The molecular weight excluding hydrogens is 391 g/mol. The van der Waals surface area contributed by atoms with Crippen LogP contribution in [0.1, 0.15) is 43.8 Å². The zero-order valence-electron chi connectivity index (χ0n) is 15.8. The maximum absolute atomic E-state index is 14.4.